The summed E-state index contributed by atoms with van der Waals surface area (Å²) in [5.41, 5.74) is 1.50. The third-order valence-electron chi connectivity index (χ3n) is 2.95. The second-order valence-corrected chi connectivity index (χ2v) is 4.65. The molecule has 0 aliphatic heterocycles. The first-order valence-electron chi connectivity index (χ1n) is 6.06. The zero-order chi connectivity index (χ0) is 14.8. The highest BCUT2D eigenvalue weighted by Gasteiger charge is 2.11. The van der Waals surface area contributed by atoms with Gasteiger partial charge in [-0.15, -0.1) is 0 Å². The van der Waals surface area contributed by atoms with Gasteiger partial charge < -0.3 is 9.90 Å². The first-order valence-corrected chi connectivity index (χ1v) is 6.47. The zero-order valence-corrected chi connectivity index (χ0v) is 11.5. The molecular weight excluding hydrogens is 288 g/mol. The van der Waals surface area contributed by atoms with E-state index in [1.807, 2.05) is 0 Å². The normalized spacial score (nSPS) is 10.5. The lowest BCUT2D eigenvalue weighted by Gasteiger charge is -2.09. The molecule has 0 radical (unpaired) electrons. The Morgan fingerprint density at radius 3 is 2.71 bits per heavy atom. The number of aromatic amines is 1. The van der Waals surface area contributed by atoms with Crippen LogP contribution in [-0.4, -0.2) is 25.7 Å². The number of aromatic nitrogens is 4. The van der Waals surface area contributed by atoms with Gasteiger partial charge in [-0.1, -0.05) is 12.1 Å². The van der Waals surface area contributed by atoms with Crippen LogP contribution in [0.25, 0.3) is 17.1 Å². The second-order valence-electron chi connectivity index (χ2n) is 4.26. The van der Waals surface area contributed by atoms with E-state index in [0.29, 0.717) is 16.3 Å². The van der Waals surface area contributed by atoms with Gasteiger partial charge >= 0.3 is 0 Å². The van der Waals surface area contributed by atoms with E-state index in [4.69, 9.17) is 12.2 Å². The van der Waals surface area contributed by atoms with Gasteiger partial charge in [0.15, 0.2) is 10.6 Å². The van der Waals surface area contributed by atoms with Crippen LogP contribution in [0.15, 0.2) is 48.8 Å². The molecule has 6 nitrogen and oxygen atoms in total. The fraction of sp³-hybridized carbons (Fsp3) is 0. The van der Waals surface area contributed by atoms with Gasteiger partial charge in [-0.05, 0) is 42.0 Å². The Kier molecular flexibility index (Phi) is 3.33. The molecule has 0 bridgehead atoms. The summed E-state index contributed by atoms with van der Waals surface area (Å²) in [6, 6.07) is 9.93. The molecule has 0 aliphatic carbocycles. The molecule has 2 heterocycles. The highest BCUT2D eigenvalue weighted by molar-refractivity contribution is 7.71. The number of benzene rings is 1. The lowest BCUT2D eigenvalue weighted by molar-refractivity contribution is -0.255. The van der Waals surface area contributed by atoms with E-state index in [-0.39, 0.29) is 5.56 Å². The predicted molar refractivity (Wildman–Crippen MR) is 76.3 cm³/mol. The van der Waals surface area contributed by atoms with Crippen LogP contribution in [0.5, 0.6) is 0 Å². The maximum absolute atomic E-state index is 11.0. The molecule has 2 aromatic heterocycles. The monoisotopic (exact) mass is 297 g/mol. The van der Waals surface area contributed by atoms with Crippen molar-refractivity contribution < 1.29 is 9.90 Å². The van der Waals surface area contributed by atoms with Crippen molar-refractivity contribution >= 4 is 18.2 Å². The number of nitrogens with zero attached hydrogens (tertiary/aromatic N) is 3. The minimum Gasteiger partial charge on any atom is -0.545 e. The van der Waals surface area contributed by atoms with Gasteiger partial charge in [-0.2, -0.15) is 5.10 Å². The number of pyridine rings is 1. The summed E-state index contributed by atoms with van der Waals surface area (Å²) in [6.07, 6.45) is 3.30. The Bertz CT molecular complexity index is 855. The number of carbonyl (C=O) groups excluding carboxylic acids is 1. The number of carbonyl (C=O) groups is 1. The Labute approximate surface area is 124 Å². The van der Waals surface area contributed by atoms with E-state index in [0.717, 1.165) is 5.56 Å². The van der Waals surface area contributed by atoms with Gasteiger partial charge in [0, 0.05) is 18.0 Å². The summed E-state index contributed by atoms with van der Waals surface area (Å²) in [5.74, 6) is -0.657. The van der Waals surface area contributed by atoms with E-state index in [2.05, 4.69) is 15.2 Å². The number of hydrogen-bond donors (Lipinski definition) is 1. The third-order valence-corrected chi connectivity index (χ3v) is 3.22. The summed E-state index contributed by atoms with van der Waals surface area (Å²) >= 11 is 5.23. The van der Waals surface area contributed by atoms with Crippen molar-refractivity contribution in [3.05, 3.63) is 59.1 Å². The lowest BCUT2D eigenvalue weighted by Crippen LogP contribution is -2.22. The maximum Gasteiger partial charge on any atom is 0.200 e. The van der Waals surface area contributed by atoms with Gasteiger partial charge in [-0.3, -0.25) is 14.6 Å². The molecule has 0 fully saturated rings. The van der Waals surface area contributed by atoms with Crippen LogP contribution in [0.3, 0.4) is 0 Å². The van der Waals surface area contributed by atoms with Crippen LogP contribution in [0, 0.1) is 4.77 Å². The fourth-order valence-corrected chi connectivity index (χ4v) is 2.24. The molecule has 0 saturated heterocycles. The molecule has 7 heteroatoms. The molecule has 0 saturated carbocycles. The van der Waals surface area contributed by atoms with Crippen LogP contribution >= 0.6 is 12.2 Å². The summed E-state index contributed by atoms with van der Waals surface area (Å²) in [5, 5.41) is 17.9. The topological polar surface area (TPSA) is 86.6 Å². The van der Waals surface area contributed by atoms with E-state index < -0.39 is 5.97 Å². The molecule has 3 rings (SSSR count). The van der Waals surface area contributed by atoms with Crippen LogP contribution in [-0.2, 0) is 0 Å². The van der Waals surface area contributed by atoms with Crippen LogP contribution in [0.1, 0.15) is 10.4 Å². The summed E-state index contributed by atoms with van der Waals surface area (Å²) in [4.78, 5) is 14.9. The van der Waals surface area contributed by atoms with Gasteiger partial charge in [0.25, 0.3) is 0 Å². The van der Waals surface area contributed by atoms with Gasteiger partial charge in [-0.25, -0.2) is 0 Å². The van der Waals surface area contributed by atoms with Gasteiger partial charge in [0.1, 0.15) is 0 Å². The Morgan fingerprint density at radius 2 is 2.00 bits per heavy atom. The van der Waals surface area contributed by atoms with Gasteiger partial charge in [0.05, 0.1) is 11.7 Å². The van der Waals surface area contributed by atoms with Gasteiger partial charge in [0.2, 0.25) is 0 Å². The van der Waals surface area contributed by atoms with Crippen molar-refractivity contribution in [2.45, 2.75) is 0 Å². The number of nitrogens with one attached hydrogen (secondary N) is 1. The Morgan fingerprint density at radius 1 is 1.24 bits per heavy atom. The largest absolute Gasteiger partial charge is 0.545 e. The Balaban J connectivity index is 2.20. The average molecular weight is 297 g/mol. The first kappa shape index (κ1) is 13.2. The summed E-state index contributed by atoms with van der Waals surface area (Å²) in [7, 11) is 0. The van der Waals surface area contributed by atoms with Crippen LogP contribution in [0.2, 0.25) is 0 Å². The second kappa shape index (κ2) is 5.29. The van der Waals surface area contributed by atoms with E-state index >= 15 is 0 Å². The van der Waals surface area contributed by atoms with Crippen LogP contribution in [0.4, 0.5) is 0 Å². The molecule has 1 N–H and O–H groups in total. The standard InChI is InChI=1S/C14H10N4O2S/c19-13(20)10-2-1-3-11(8-10)18-12(16-17-14(18)21)9-4-6-15-7-5-9/h1-8H,(H,17,21)(H,19,20)/p-1. The number of H-pyrrole nitrogens is 1. The van der Waals surface area contributed by atoms with E-state index in [1.165, 1.54) is 12.1 Å². The molecule has 3 aromatic rings. The van der Waals surface area contributed by atoms with Crippen molar-refractivity contribution in [1.29, 1.82) is 0 Å². The van der Waals surface area contributed by atoms with E-state index in [1.54, 1.807) is 41.2 Å². The molecular formula is C14H9N4O2S-. The number of aromatic carboxylic acids is 1. The molecule has 0 atom stereocenters. The van der Waals surface area contributed by atoms with Crippen LogP contribution < -0.4 is 5.11 Å². The van der Waals surface area contributed by atoms with Crippen molar-refractivity contribution in [1.82, 2.24) is 19.7 Å². The number of carboxylic acid groups (broad SMARTS) is 1. The molecule has 1 aromatic carbocycles. The molecule has 104 valence electrons. The summed E-state index contributed by atoms with van der Waals surface area (Å²) < 4.78 is 2.04. The summed E-state index contributed by atoms with van der Waals surface area (Å²) in [6.45, 7) is 0. The predicted octanol–water partition coefficient (Wildman–Crippen LogP) is 1.36. The Hall–Kier alpha value is -2.80. The number of rotatable bonds is 3. The zero-order valence-electron chi connectivity index (χ0n) is 10.7. The molecule has 0 amide bonds. The minimum absolute atomic E-state index is 0.0799. The van der Waals surface area contributed by atoms with Crippen molar-refractivity contribution in [2.24, 2.45) is 0 Å². The minimum atomic E-state index is -1.24. The fourth-order valence-electron chi connectivity index (χ4n) is 2.00. The smallest absolute Gasteiger partial charge is 0.200 e. The highest BCUT2D eigenvalue weighted by Crippen LogP contribution is 2.21. The number of hydrogen-bond acceptors (Lipinski definition) is 5. The molecule has 21 heavy (non-hydrogen) atoms. The lowest BCUT2D eigenvalue weighted by atomic mass is 10.2. The maximum atomic E-state index is 11.0. The molecule has 0 aliphatic rings. The molecule has 0 spiro atoms. The van der Waals surface area contributed by atoms with Crippen molar-refractivity contribution in [3.63, 3.8) is 0 Å². The van der Waals surface area contributed by atoms with E-state index in [9.17, 15) is 9.90 Å². The third kappa shape index (κ3) is 2.46. The van der Waals surface area contributed by atoms with Crippen molar-refractivity contribution in [3.8, 4) is 17.1 Å². The quantitative estimate of drug-likeness (QED) is 0.737. The first-order chi connectivity index (χ1) is 10.2. The number of carboxylic acids is 1. The van der Waals surface area contributed by atoms with Crippen molar-refractivity contribution in [2.75, 3.05) is 0 Å². The molecule has 0 unspecified atom stereocenters. The SMILES string of the molecule is O=C([O-])c1cccc(-n2c(-c3ccncc3)n[nH]c2=S)c1. The average Bonchev–Trinajstić information content (AvgIpc) is 2.90. The highest BCUT2D eigenvalue weighted by atomic mass is 32.1.